The molecule has 8 heteroatoms. The summed E-state index contributed by atoms with van der Waals surface area (Å²) in [6, 6.07) is 7.61. The van der Waals surface area contributed by atoms with E-state index < -0.39 is 0 Å². The maximum Gasteiger partial charge on any atom is 0.290 e. The van der Waals surface area contributed by atoms with Crippen LogP contribution in [0.4, 0.5) is 5.69 Å². The fraction of sp³-hybridized carbons (Fsp3) is 0.591. The number of benzene rings is 1. The summed E-state index contributed by atoms with van der Waals surface area (Å²) < 4.78 is 5.45. The van der Waals surface area contributed by atoms with Crippen LogP contribution in [0.25, 0.3) is 10.9 Å². The summed E-state index contributed by atoms with van der Waals surface area (Å²) in [5, 5.41) is 15.3. The molecule has 1 aromatic heterocycles. The number of anilines is 1. The van der Waals surface area contributed by atoms with Gasteiger partial charge in [-0.05, 0) is 56.8 Å². The van der Waals surface area contributed by atoms with Crippen molar-refractivity contribution in [2.75, 3.05) is 38.3 Å². The Labute approximate surface area is 176 Å². The van der Waals surface area contributed by atoms with Crippen LogP contribution in [0.1, 0.15) is 42.6 Å². The molecule has 2 N–H and O–H groups in total. The molecule has 0 aliphatic carbocycles. The Balaban J connectivity index is 0.000000687. The molecule has 0 spiro atoms. The Hall–Kier alpha value is -2.45. The number of carbonyl (C=O) groups excluding carboxylic acids is 1. The number of nitrogens with one attached hydrogen (secondary N) is 1. The zero-order valence-electron chi connectivity index (χ0n) is 17.4. The van der Waals surface area contributed by atoms with Gasteiger partial charge in [0.2, 0.25) is 0 Å². The van der Waals surface area contributed by atoms with Crippen LogP contribution in [0.3, 0.4) is 0 Å². The Kier molecular flexibility index (Phi) is 6.34. The zero-order chi connectivity index (χ0) is 21.1. The third-order valence-electron chi connectivity index (χ3n) is 6.86. The molecule has 0 radical (unpaired) electrons. The molecule has 4 heterocycles. The summed E-state index contributed by atoms with van der Waals surface area (Å²) in [5.41, 5.74) is 2.71. The molecule has 2 aromatic rings. The molecule has 3 fully saturated rings. The SMILES string of the molecule is CN1C2CCC1CC(CC(=O)c1n[nH]c3ccc(N4CCOCC4)cc13)C2.O=CO. The van der Waals surface area contributed by atoms with Crippen molar-refractivity contribution in [2.24, 2.45) is 5.92 Å². The first-order chi connectivity index (χ1) is 14.6. The number of fused-ring (bicyclic) bond motifs is 3. The summed E-state index contributed by atoms with van der Waals surface area (Å²) >= 11 is 0. The summed E-state index contributed by atoms with van der Waals surface area (Å²) in [5.74, 6) is 0.690. The highest BCUT2D eigenvalue weighted by Gasteiger charge is 2.39. The second-order valence-electron chi connectivity index (χ2n) is 8.52. The molecule has 30 heavy (non-hydrogen) atoms. The van der Waals surface area contributed by atoms with Gasteiger partial charge in [0, 0.05) is 42.7 Å². The minimum absolute atomic E-state index is 0.189. The standard InChI is InChI=1S/C21H28N4O2.CH2O2/c1-24-15-2-3-16(24)11-14(10-15)12-20(26)21-18-13-17(4-5-19(18)22-23-21)25-6-8-27-9-7-25;2-1-3/h4-5,13-16H,2-3,6-12H2,1H3,(H,22,23);1H,(H,2,3). The zero-order valence-corrected chi connectivity index (χ0v) is 17.4. The molecule has 0 saturated carbocycles. The van der Waals surface area contributed by atoms with Crippen molar-refractivity contribution in [1.29, 1.82) is 0 Å². The summed E-state index contributed by atoms with van der Waals surface area (Å²) in [7, 11) is 2.24. The number of carboxylic acid groups (broad SMARTS) is 1. The van der Waals surface area contributed by atoms with Gasteiger partial charge in [-0.3, -0.25) is 14.7 Å². The summed E-state index contributed by atoms with van der Waals surface area (Å²) in [6.07, 6.45) is 5.52. The highest BCUT2D eigenvalue weighted by atomic mass is 16.5. The average Bonchev–Trinajstić information content (AvgIpc) is 3.25. The van der Waals surface area contributed by atoms with E-state index in [9.17, 15) is 4.79 Å². The molecule has 162 valence electrons. The van der Waals surface area contributed by atoms with Crippen molar-refractivity contribution in [3.8, 4) is 0 Å². The number of aromatic nitrogens is 2. The third-order valence-corrected chi connectivity index (χ3v) is 6.86. The Morgan fingerprint density at radius 3 is 2.60 bits per heavy atom. The molecule has 2 unspecified atom stereocenters. The number of morpholine rings is 1. The van der Waals surface area contributed by atoms with Crippen LogP contribution in [0, 0.1) is 5.92 Å². The second kappa shape index (κ2) is 9.14. The molecule has 2 atom stereocenters. The number of hydrogen-bond donors (Lipinski definition) is 2. The highest BCUT2D eigenvalue weighted by molar-refractivity contribution is 6.06. The molecule has 5 rings (SSSR count). The van der Waals surface area contributed by atoms with E-state index in [0.29, 0.717) is 30.1 Å². The van der Waals surface area contributed by atoms with Gasteiger partial charge in [0.15, 0.2) is 5.78 Å². The maximum atomic E-state index is 13.1. The summed E-state index contributed by atoms with van der Waals surface area (Å²) in [6.45, 7) is 3.05. The number of H-pyrrole nitrogens is 1. The lowest BCUT2D eigenvalue weighted by Gasteiger charge is -2.36. The van der Waals surface area contributed by atoms with E-state index in [-0.39, 0.29) is 12.3 Å². The molecule has 8 nitrogen and oxygen atoms in total. The first-order valence-electron chi connectivity index (χ1n) is 10.7. The number of ether oxygens (including phenoxy) is 1. The van der Waals surface area contributed by atoms with E-state index in [2.05, 4.69) is 39.2 Å². The van der Waals surface area contributed by atoms with Gasteiger partial charge in [0.05, 0.1) is 18.7 Å². The van der Waals surface area contributed by atoms with Gasteiger partial charge >= 0.3 is 0 Å². The molecule has 2 bridgehead atoms. The largest absolute Gasteiger partial charge is 0.483 e. The number of piperidine rings is 1. The van der Waals surface area contributed by atoms with Crippen LogP contribution in [0.5, 0.6) is 0 Å². The van der Waals surface area contributed by atoms with Crippen LogP contribution < -0.4 is 4.90 Å². The van der Waals surface area contributed by atoms with Gasteiger partial charge in [-0.15, -0.1) is 0 Å². The number of Topliss-reactive ketones (excluding diaryl/α,β-unsaturated/α-hetero) is 1. The van der Waals surface area contributed by atoms with Gasteiger partial charge in [0.1, 0.15) is 5.69 Å². The van der Waals surface area contributed by atoms with Gasteiger partial charge in [-0.25, -0.2) is 0 Å². The fourth-order valence-electron chi connectivity index (χ4n) is 5.28. The molecule has 0 amide bonds. The maximum absolute atomic E-state index is 13.1. The van der Waals surface area contributed by atoms with Gasteiger partial charge in [-0.1, -0.05) is 0 Å². The van der Waals surface area contributed by atoms with E-state index in [1.54, 1.807) is 0 Å². The fourth-order valence-corrected chi connectivity index (χ4v) is 5.28. The lowest BCUT2D eigenvalue weighted by molar-refractivity contribution is -0.122. The quantitative estimate of drug-likeness (QED) is 0.586. The van der Waals surface area contributed by atoms with Crippen molar-refractivity contribution in [2.45, 2.75) is 44.2 Å². The highest BCUT2D eigenvalue weighted by Crippen LogP contribution is 2.39. The van der Waals surface area contributed by atoms with E-state index in [1.165, 1.54) is 12.8 Å². The van der Waals surface area contributed by atoms with Crippen molar-refractivity contribution in [3.05, 3.63) is 23.9 Å². The smallest absolute Gasteiger partial charge is 0.290 e. The summed E-state index contributed by atoms with van der Waals surface area (Å²) in [4.78, 5) is 26.3. The number of nitrogens with zero attached hydrogens (tertiary/aromatic N) is 3. The molecular weight excluding hydrogens is 384 g/mol. The number of carbonyl (C=O) groups is 2. The lowest BCUT2D eigenvalue weighted by Crippen LogP contribution is -2.40. The minimum Gasteiger partial charge on any atom is -0.483 e. The van der Waals surface area contributed by atoms with Crippen LogP contribution in [0.15, 0.2) is 18.2 Å². The predicted molar refractivity (Wildman–Crippen MR) is 114 cm³/mol. The van der Waals surface area contributed by atoms with Crippen LogP contribution in [0.2, 0.25) is 0 Å². The lowest BCUT2D eigenvalue weighted by atomic mass is 9.86. The van der Waals surface area contributed by atoms with E-state index in [4.69, 9.17) is 14.6 Å². The third kappa shape index (κ3) is 4.20. The number of ketones is 1. The van der Waals surface area contributed by atoms with Crippen molar-refractivity contribution in [1.82, 2.24) is 15.1 Å². The predicted octanol–water partition coefficient (Wildman–Crippen LogP) is 2.55. The normalized spacial score (nSPS) is 26.3. The first-order valence-corrected chi connectivity index (χ1v) is 10.7. The monoisotopic (exact) mass is 414 g/mol. The van der Waals surface area contributed by atoms with Gasteiger partial charge in [-0.2, -0.15) is 5.10 Å². The molecule has 3 saturated heterocycles. The van der Waals surface area contributed by atoms with Crippen LogP contribution in [-0.2, 0) is 9.53 Å². The number of aromatic amines is 1. The van der Waals surface area contributed by atoms with E-state index in [0.717, 1.165) is 55.7 Å². The van der Waals surface area contributed by atoms with E-state index in [1.807, 2.05) is 6.07 Å². The number of rotatable bonds is 4. The Bertz CT molecular complexity index is 878. The number of hydrogen-bond acceptors (Lipinski definition) is 6. The Morgan fingerprint density at radius 1 is 1.27 bits per heavy atom. The molecule has 3 aliphatic heterocycles. The second-order valence-corrected chi connectivity index (χ2v) is 8.52. The average molecular weight is 415 g/mol. The first kappa shape index (κ1) is 20.8. The van der Waals surface area contributed by atoms with Crippen molar-refractivity contribution >= 4 is 28.8 Å². The molecule has 1 aromatic carbocycles. The van der Waals surface area contributed by atoms with Crippen LogP contribution in [-0.4, -0.2) is 77.9 Å². The Morgan fingerprint density at radius 2 is 1.93 bits per heavy atom. The van der Waals surface area contributed by atoms with E-state index >= 15 is 0 Å². The van der Waals surface area contributed by atoms with Gasteiger partial charge in [0.25, 0.3) is 6.47 Å². The topological polar surface area (TPSA) is 98.8 Å². The molecular formula is C22H30N4O4. The molecule has 3 aliphatic rings. The van der Waals surface area contributed by atoms with Gasteiger partial charge < -0.3 is 19.6 Å². The van der Waals surface area contributed by atoms with Crippen molar-refractivity contribution in [3.63, 3.8) is 0 Å². The minimum atomic E-state index is -0.250. The van der Waals surface area contributed by atoms with Crippen LogP contribution >= 0.6 is 0 Å². The van der Waals surface area contributed by atoms with Crippen molar-refractivity contribution < 1.29 is 19.4 Å².